The van der Waals surface area contributed by atoms with Crippen LogP contribution in [0.3, 0.4) is 0 Å². The molecule has 1 atom stereocenters. The maximum atomic E-state index is 12.1. The molecule has 102 valence electrons. The Balaban J connectivity index is 2.23. The fraction of sp³-hybridized carbons (Fsp3) is 0.0714. The molecule has 0 saturated carbocycles. The van der Waals surface area contributed by atoms with Crippen LogP contribution in [-0.4, -0.2) is 22.0 Å². The summed E-state index contributed by atoms with van der Waals surface area (Å²) in [6, 6.07) is 11.3. The van der Waals surface area contributed by atoms with Gasteiger partial charge < -0.3 is 10.4 Å². The maximum Gasteiger partial charge on any atom is 0.320 e. The molecule has 5 nitrogen and oxygen atoms in total. The number of nitrogens with zero attached hydrogens (tertiary/aromatic N) is 1. The third kappa shape index (κ3) is 3.33. The Hall–Kier alpha value is -2.40. The van der Waals surface area contributed by atoms with Gasteiger partial charge in [-0.1, -0.05) is 41.9 Å². The lowest BCUT2D eigenvalue weighted by atomic mass is 9.98. The number of halogens is 1. The minimum Gasteiger partial charge on any atom is -0.480 e. The molecule has 0 spiro atoms. The van der Waals surface area contributed by atoms with Gasteiger partial charge >= 0.3 is 5.97 Å². The molecule has 2 rings (SSSR count). The number of aliphatic carboxylic acids is 1. The number of pyridine rings is 1. The quantitative estimate of drug-likeness (QED) is 0.848. The highest BCUT2D eigenvalue weighted by molar-refractivity contribution is 6.30. The molecule has 0 aliphatic heterocycles. The molecule has 2 N–H and O–H groups in total. The van der Waals surface area contributed by atoms with Crippen molar-refractivity contribution in [3.05, 3.63) is 59.2 Å². The van der Waals surface area contributed by atoms with Gasteiger partial charge in [0.1, 0.15) is 5.82 Å². The zero-order chi connectivity index (χ0) is 14.5. The van der Waals surface area contributed by atoms with Gasteiger partial charge in [-0.05, 0) is 17.7 Å². The third-order valence-electron chi connectivity index (χ3n) is 2.62. The number of aromatic nitrogens is 1. The number of nitrogens with one attached hydrogen (secondary N) is 1. The van der Waals surface area contributed by atoms with E-state index in [1.807, 2.05) is 0 Å². The molecule has 6 heteroatoms. The summed E-state index contributed by atoms with van der Waals surface area (Å²) in [5.41, 5.74) is 0.402. The summed E-state index contributed by atoms with van der Waals surface area (Å²) in [6.07, 6.45) is 1.43. The van der Waals surface area contributed by atoms with Crippen LogP contribution >= 0.6 is 11.6 Å². The van der Waals surface area contributed by atoms with E-state index < -0.39 is 17.8 Å². The van der Waals surface area contributed by atoms with Crippen LogP contribution in [0.2, 0.25) is 5.02 Å². The van der Waals surface area contributed by atoms with Gasteiger partial charge in [-0.2, -0.15) is 0 Å². The second-order valence-corrected chi connectivity index (χ2v) is 4.47. The number of anilines is 1. The minimum absolute atomic E-state index is 0.213. The van der Waals surface area contributed by atoms with E-state index in [1.165, 1.54) is 12.3 Å². The van der Waals surface area contributed by atoms with Crippen molar-refractivity contribution < 1.29 is 14.7 Å². The monoisotopic (exact) mass is 290 g/mol. The van der Waals surface area contributed by atoms with Gasteiger partial charge in [-0.15, -0.1) is 0 Å². The molecule has 1 aromatic carbocycles. The van der Waals surface area contributed by atoms with E-state index >= 15 is 0 Å². The largest absolute Gasteiger partial charge is 0.480 e. The maximum absolute atomic E-state index is 12.1. The zero-order valence-electron chi connectivity index (χ0n) is 10.3. The topological polar surface area (TPSA) is 79.3 Å². The highest BCUT2D eigenvalue weighted by Crippen LogP contribution is 2.19. The number of benzene rings is 1. The van der Waals surface area contributed by atoms with Crippen LogP contribution in [0.1, 0.15) is 11.5 Å². The first-order valence-electron chi connectivity index (χ1n) is 5.78. The highest BCUT2D eigenvalue weighted by atomic mass is 35.5. The van der Waals surface area contributed by atoms with Crippen molar-refractivity contribution >= 4 is 29.3 Å². The molecular formula is C14H11ClN2O3. The number of hydrogen-bond acceptors (Lipinski definition) is 3. The van der Waals surface area contributed by atoms with Crippen molar-refractivity contribution in [1.29, 1.82) is 0 Å². The van der Waals surface area contributed by atoms with Crippen molar-refractivity contribution in [2.75, 3.05) is 5.32 Å². The van der Waals surface area contributed by atoms with Crippen molar-refractivity contribution in [2.45, 2.75) is 5.92 Å². The summed E-state index contributed by atoms with van der Waals surface area (Å²) in [5.74, 6) is -2.98. The lowest BCUT2D eigenvalue weighted by Crippen LogP contribution is -2.27. The molecule has 0 aliphatic carbocycles. The van der Waals surface area contributed by atoms with Gasteiger partial charge in [0.25, 0.3) is 0 Å². The van der Waals surface area contributed by atoms with Gasteiger partial charge in [0.15, 0.2) is 5.92 Å². The predicted octanol–water partition coefficient (Wildman–Crippen LogP) is 2.54. The molecule has 0 fully saturated rings. The van der Waals surface area contributed by atoms with E-state index in [2.05, 4.69) is 10.3 Å². The molecule has 20 heavy (non-hydrogen) atoms. The fourth-order valence-corrected chi connectivity index (χ4v) is 1.88. The Bertz CT molecular complexity index is 631. The molecule has 0 radical (unpaired) electrons. The van der Waals surface area contributed by atoms with Crippen LogP contribution in [0.5, 0.6) is 0 Å². The van der Waals surface area contributed by atoms with Crippen molar-refractivity contribution in [3.63, 3.8) is 0 Å². The molecule has 1 aromatic heterocycles. The second-order valence-electron chi connectivity index (χ2n) is 4.03. The van der Waals surface area contributed by atoms with Crippen molar-refractivity contribution in [1.82, 2.24) is 4.98 Å². The van der Waals surface area contributed by atoms with E-state index in [0.29, 0.717) is 10.6 Å². The predicted molar refractivity (Wildman–Crippen MR) is 74.7 cm³/mol. The number of carbonyl (C=O) groups excluding carboxylic acids is 1. The van der Waals surface area contributed by atoms with E-state index in [9.17, 15) is 14.7 Å². The number of amides is 1. The van der Waals surface area contributed by atoms with E-state index in [0.717, 1.165) is 0 Å². The Morgan fingerprint density at radius 2 is 1.90 bits per heavy atom. The third-order valence-corrected chi connectivity index (χ3v) is 2.85. The first-order chi connectivity index (χ1) is 9.58. The number of hydrogen-bond donors (Lipinski definition) is 2. The molecule has 2 aromatic rings. The average Bonchev–Trinajstić information content (AvgIpc) is 2.39. The number of carboxylic acid groups (broad SMARTS) is 1. The van der Waals surface area contributed by atoms with Gasteiger partial charge in [0, 0.05) is 11.2 Å². The summed E-state index contributed by atoms with van der Waals surface area (Å²) >= 11 is 5.78. The lowest BCUT2D eigenvalue weighted by Gasteiger charge is -2.12. The lowest BCUT2D eigenvalue weighted by molar-refractivity contribution is -0.141. The molecule has 1 unspecified atom stereocenters. The Morgan fingerprint density at radius 3 is 2.50 bits per heavy atom. The van der Waals surface area contributed by atoms with E-state index in [-0.39, 0.29) is 5.82 Å². The van der Waals surface area contributed by atoms with Crippen LogP contribution in [0.4, 0.5) is 5.82 Å². The zero-order valence-corrected chi connectivity index (χ0v) is 11.0. The first kappa shape index (κ1) is 14.0. The van der Waals surface area contributed by atoms with Crippen molar-refractivity contribution in [3.8, 4) is 0 Å². The highest BCUT2D eigenvalue weighted by Gasteiger charge is 2.28. The SMILES string of the molecule is O=C(O)C(C(=O)Nc1cc(Cl)ccn1)c1ccccc1. The number of carbonyl (C=O) groups is 2. The number of rotatable bonds is 4. The summed E-state index contributed by atoms with van der Waals surface area (Å²) in [7, 11) is 0. The van der Waals surface area contributed by atoms with Crippen LogP contribution in [0.15, 0.2) is 48.7 Å². The first-order valence-corrected chi connectivity index (χ1v) is 6.16. The van der Waals surface area contributed by atoms with E-state index in [1.54, 1.807) is 36.4 Å². The Kier molecular flexibility index (Phi) is 4.32. The van der Waals surface area contributed by atoms with Crippen LogP contribution < -0.4 is 5.32 Å². The van der Waals surface area contributed by atoms with Gasteiger partial charge in [0.2, 0.25) is 5.91 Å². The summed E-state index contributed by atoms with van der Waals surface area (Å²) < 4.78 is 0. The number of carboxylic acids is 1. The smallest absolute Gasteiger partial charge is 0.320 e. The normalized spacial score (nSPS) is 11.7. The van der Waals surface area contributed by atoms with E-state index in [4.69, 9.17) is 11.6 Å². The standard InChI is InChI=1S/C14H11ClN2O3/c15-10-6-7-16-11(8-10)17-13(18)12(14(19)20)9-4-2-1-3-5-9/h1-8,12H,(H,19,20)(H,16,17,18). The molecule has 0 bridgehead atoms. The molecule has 1 amide bonds. The summed E-state index contributed by atoms with van der Waals surface area (Å²) in [5, 5.41) is 12.1. The molecule has 1 heterocycles. The molecule has 0 saturated heterocycles. The van der Waals surface area contributed by atoms with Crippen LogP contribution in [-0.2, 0) is 9.59 Å². The fourth-order valence-electron chi connectivity index (χ4n) is 1.72. The summed E-state index contributed by atoms with van der Waals surface area (Å²) in [6.45, 7) is 0. The van der Waals surface area contributed by atoms with Gasteiger partial charge in [-0.3, -0.25) is 9.59 Å². The Labute approximate surface area is 120 Å². The van der Waals surface area contributed by atoms with Crippen molar-refractivity contribution in [2.24, 2.45) is 0 Å². The average molecular weight is 291 g/mol. The van der Waals surface area contributed by atoms with Crippen LogP contribution in [0.25, 0.3) is 0 Å². The second kappa shape index (κ2) is 6.16. The minimum atomic E-state index is -1.29. The van der Waals surface area contributed by atoms with Gasteiger partial charge in [-0.25, -0.2) is 4.98 Å². The molecular weight excluding hydrogens is 280 g/mol. The Morgan fingerprint density at radius 1 is 1.20 bits per heavy atom. The van der Waals surface area contributed by atoms with Gasteiger partial charge in [0.05, 0.1) is 0 Å². The summed E-state index contributed by atoms with van der Waals surface area (Å²) in [4.78, 5) is 27.3. The van der Waals surface area contributed by atoms with Crippen LogP contribution in [0, 0.1) is 0 Å². The molecule has 0 aliphatic rings.